The number of aromatic nitrogens is 2. The van der Waals surface area contributed by atoms with Crippen LogP contribution in [0.3, 0.4) is 0 Å². The number of amides is 1. The number of benzene rings is 1. The second-order valence-electron chi connectivity index (χ2n) is 6.50. The number of aromatic amines is 1. The van der Waals surface area contributed by atoms with Crippen LogP contribution in [0.5, 0.6) is 0 Å². The molecule has 0 aliphatic carbocycles. The maximum absolute atomic E-state index is 13.9. The van der Waals surface area contributed by atoms with Crippen LogP contribution >= 0.6 is 11.6 Å². The number of carbonyl (C=O) groups excluding carboxylic acids is 1. The van der Waals surface area contributed by atoms with Gasteiger partial charge in [-0.3, -0.25) is 14.6 Å². The lowest BCUT2D eigenvalue weighted by molar-refractivity contribution is 0.0335. The first-order chi connectivity index (χ1) is 13.4. The van der Waals surface area contributed by atoms with E-state index in [4.69, 9.17) is 16.3 Å². The van der Waals surface area contributed by atoms with Crippen LogP contribution in [0.1, 0.15) is 27.7 Å². The van der Waals surface area contributed by atoms with Gasteiger partial charge in [0.25, 0.3) is 11.5 Å². The Balaban J connectivity index is 1.86. The first-order valence-electron chi connectivity index (χ1n) is 8.36. The van der Waals surface area contributed by atoms with Gasteiger partial charge in [0.15, 0.2) is 11.6 Å². The summed E-state index contributed by atoms with van der Waals surface area (Å²) in [6, 6.07) is 2.70. The number of fused-ring (bicyclic) bond motifs is 3. The van der Waals surface area contributed by atoms with Crippen molar-refractivity contribution in [3.05, 3.63) is 74.4 Å². The minimum atomic E-state index is -1.11. The summed E-state index contributed by atoms with van der Waals surface area (Å²) < 4.78 is 33.1. The van der Waals surface area contributed by atoms with Gasteiger partial charge in [0.1, 0.15) is 0 Å². The Morgan fingerprint density at radius 1 is 1.25 bits per heavy atom. The Kier molecular flexibility index (Phi) is 4.60. The van der Waals surface area contributed by atoms with Crippen molar-refractivity contribution >= 4 is 28.3 Å². The van der Waals surface area contributed by atoms with E-state index in [0.29, 0.717) is 16.3 Å². The first-order valence-corrected chi connectivity index (χ1v) is 8.74. The molecule has 1 aliphatic heterocycles. The van der Waals surface area contributed by atoms with Gasteiger partial charge >= 0.3 is 0 Å². The lowest BCUT2D eigenvalue weighted by Crippen LogP contribution is -2.37. The summed E-state index contributed by atoms with van der Waals surface area (Å²) in [7, 11) is 1.56. The van der Waals surface area contributed by atoms with E-state index in [9.17, 15) is 18.4 Å². The van der Waals surface area contributed by atoms with Crippen LogP contribution in [0.25, 0.3) is 10.8 Å². The monoisotopic (exact) mass is 405 g/mol. The Morgan fingerprint density at radius 3 is 2.68 bits per heavy atom. The van der Waals surface area contributed by atoms with Crippen LogP contribution in [-0.4, -0.2) is 34.4 Å². The molecule has 0 radical (unpaired) electrons. The van der Waals surface area contributed by atoms with Gasteiger partial charge in [0.2, 0.25) is 0 Å². The highest BCUT2D eigenvalue weighted by Gasteiger charge is 2.31. The van der Waals surface area contributed by atoms with Gasteiger partial charge in [0.05, 0.1) is 35.2 Å². The maximum Gasteiger partial charge on any atom is 0.256 e. The summed E-state index contributed by atoms with van der Waals surface area (Å²) in [6.07, 6.45) is 2.79. The molecule has 144 valence electrons. The average molecular weight is 406 g/mol. The highest BCUT2D eigenvalue weighted by molar-refractivity contribution is 6.30. The molecule has 1 aliphatic rings. The number of nitrogens with one attached hydrogen (secondary N) is 1. The van der Waals surface area contributed by atoms with Gasteiger partial charge < -0.3 is 14.6 Å². The molecule has 0 fully saturated rings. The van der Waals surface area contributed by atoms with Gasteiger partial charge in [-0.05, 0) is 23.6 Å². The predicted octanol–water partition coefficient (Wildman–Crippen LogP) is 3.20. The normalized spacial score (nSPS) is 16.1. The van der Waals surface area contributed by atoms with Crippen molar-refractivity contribution in [3.63, 3.8) is 0 Å². The zero-order valence-corrected chi connectivity index (χ0v) is 15.4. The third-order valence-corrected chi connectivity index (χ3v) is 4.99. The van der Waals surface area contributed by atoms with Crippen LogP contribution < -0.4 is 5.56 Å². The van der Waals surface area contributed by atoms with Crippen LogP contribution in [-0.2, 0) is 11.3 Å². The van der Waals surface area contributed by atoms with E-state index in [-0.39, 0.29) is 35.5 Å². The third-order valence-electron chi connectivity index (χ3n) is 4.78. The molecule has 3 heterocycles. The zero-order valence-electron chi connectivity index (χ0n) is 14.6. The van der Waals surface area contributed by atoms with E-state index in [2.05, 4.69) is 9.97 Å². The number of likely N-dealkylation sites (N-methyl/N-ethyl adjacent to an activating group) is 1. The summed E-state index contributed by atoms with van der Waals surface area (Å²) in [6.45, 7) is 0.222. The molecule has 2 aromatic heterocycles. The molecule has 28 heavy (non-hydrogen) atoms. The minimum absolute atomic E-state index is 0.00909. The van der Waals surface area contributed by atoms with Crippen LogP contribution in [0.2, 0.25) is 5.02 Å². The molecule has 0 unspecified atom stereocenters. The van der Waals surface area contributed by atoms with Crippen LogP contribution in [0, 0.1) is 11.6 Å². The minimum Gasteiger partial charge on any atom is -0.373 e. The second kappa shape index (κ2) is 6.96. The summed E-state index contributed by atoms with van der Waals surface area (Å²) in [5, 5.41) is 0.566. The van der Waals surface area contributed by atoms with E-state index in [1.165, 1.54) is 23.4 Å². The largest absolute Gasteiger partial charge is 0.373 e. The van der Waals surface area contributed by atoms with Gasteiger partial charge in [-0.15, -0.1) is 0 Å². The molecule has 6 nitrogen and oxygen atoms in total. The SMILES string of the molecule is CN(C(=O)c1cncc(Cl)c1)[C@@H]1COCc2[nH]c(=O)c3cc(F)c(F)cc3c21. The number of pyridine rings is 2. The van der Waals surface area contributed by atoms with Crippen molar-refractivity contribution in [3.8, 4) is 0 Å². The second-order valence-corrected chi connectivity index (χ2v) is 6.93. The standard InChI is InChI=1S/C19H14ClF2N3O3/c1-25(19(27)9-2-10(20)6-23-5-9)16-8-28-7-15-17(16)11-3-13(21)14(22)4-12(11)18(26)24-15/h2-6,16H,7-8H2,1H3,(H,24,26)/t16-/m1/s1. The van der Waals surface area contributed by atoms with Crippen LogP contribution in [0.15, 0.2) is 35.4 Å². The molecule has 0 spiro atoms. The number of rotatable bonds is 2. The third kappa shape index (κ3) is 3.04. The molecular formula is C19H14ClF2N3O3. The first kappa shape index (κ1) is 18.5. The van der Waals surface area contributed by atoms with Crippen molar-refractivity contribution < 1.29 is 18.3 Å². The molecule has 1 atom stereocenters. The molecule has 0 saturated heterocycles. The summed E-state index contributed by atoms with van der Waals surface area (Å²) >= 11 is 5.91. The Hall–Kier alpha value is -2.84. The van der Waals surface area contributed by atoms with Crippen molar-refractivity contribution in [1.82, 2.24) is 14.9 Å². The number of hydrogen-bond acceptors (Lipinski definition) is 4. The molecular weight excluding hydrogens is 392 g/mol. The fraction of sp³-hybridized carbons (Fsp3) is 0.211. The molecule has 9 heteroatoms. The quantitative estimate of drug-likeness (QED) is 0.710. The Labute approximate surface area is 162 Å². The van der Waals surface area contributed by atoms with Crippen molar-refractivity contribution in [1.29, 1.82) is 0 Å². The fourth-order valence-electron chi connectivity index (χ4n) is 3.42. The lowest BCUT2D eigenvalue weighted by atomic mass is 9.95. The molecule has 1 aromatic carbocycles. The van der Waals surface area contributed by atoms with Gasteiger partial charge in [-0.1, -0.05) is 11.6 Å². The molecule has 0 saturated carbocycles. The highest BCUT2D eigenvalue weighted by Crippen LogP contribution is 2.34. The lowest BCUT2D eigenvalue weighted by Gasteiger charge is -2.33. The number of nitrogens with zero attached hydrogens (tertiary/aromatic N) is 2. The molecule has 3 aromatic rings. The van der Waals surface area contributed by atoms with E-state index >= 15 is 0 Å². The number of H-pyrrole nitrogens is 1. The van der Waals surface area contributed by atoms with E-state index in [1.54, 1.807) is 7.05 Å². The number of ether oxygens (including phenoxy) is 1. The Morgan fingerprint density at radius 2 is 1.96 bits per heavy atom. The number of hydrogen-bond donors (Lipinski definition) is 1. The van der Waals surface area contributed by atoms with Crippen molar-refractivity contribution in [2.45, 2.75) is 12.6 Å². The number of carbonyl (C=O) groups is 1. The molecule has 0 bridgehead atoms. The van der Waals surface area contributed by atoms with Gasteiger partial charge in [-0.2, -0.15) is 0 Å². The fourth-order valence-corrected chi connectivity index (χ4v) is 3.60. The smallest absolute Gasteiger partial charge is 0.256 e. The van der Waals surface area contributed by atoms with Crippen LogP contribution in [0.4, 0.5) is 8.78 Å². The van der Waals surface area contributed by atoms with Gasteiger partial charge in [0, 0.05) is 30.7 Å². The van der Waals surface area contributed by atoms with E-state index in [0.717, 1.165) is 12.1 Å². The average Bonchev–Trinajstić information content (AvgIpc) is 2.68. The topological polar surface area (TPSA) is 75.3 Å². The predicted molar refractivity (Wildman–Crippen MR) is 98.2 cm³/mol. The summed E-state index contributed by atoms with van der Waals surface area (Å²) in [5.74, 6) is -2.56. The summed E-state index contributed by atoms with van der Waals surface area (Å²) in [5.41, 5.74) is 0.659. The molecule has 1 amide bonds. The molecule has 4 rings (SSSR count). The van der Waals surface area contributed by atoms with Gasteiger partial charge in [-0.25, -0.2) is 8.78 Å². The molecule has 1 N–H and O–H groups in total. The van der Waals surface area contributed by atoms with E-state index in [1.807, 2.05) is 0 Å². The maximum atomic E-state index is 13.9. The van der Waals surface area contributed by atoms with E-state index < -0.39 is 23.2 Å². The zero-order chi connectivity index (χ0) is 20.0. The Bertz CT molecular complexity index is 1170. The number of halogens is 3. The summed E-state index contributed by atoms with van der Waals surface area (Å²) in [4.78, 5) is 33.1. The highest BCUT2D eigenvalue weighted by atomic mass is 35.5. The van der Waals surface area contributed by atoms with Crippen molar-refractivity contribution in [2.75, 3.05) is 13.7 Å². The van der Waals surface area contributed by atoms with Crippen molar-refractivity contribution in [2.24, 2.45) is 0 Å².